The summed E-state index contributed by atoms with van der Waals surface area (Å²) in [5.41, 5.74) is 5.72. The summed E-state index contributed by atoms with van der Waals surface area (Å²) in [6.07, 6.45) is 1.73. The number of anilines is 1. The van der Waals surface area contributed by atoms with Gasteiger partial charge in [-0.05, 0) is 40.8 Å². The van der Waals surface area contributed by atoms with Gasteiger partial charge in [0, 0.05) is 16.1 Å². The van der Waals surface area contributed by atoms with Crippen molar-refractivity contribution in [2.45, 2.75) is 10.6 Å². The number of nitrogens with two attached hydrogens (primary N) is 1. The van der Waals surface area contributed by atoms with Crippen molar-refractivity contribution in [2.75, 3.05) is 5.73 Å². The highest BCUT2D eigenvalue weighted by atomic mass is 127. The van der Waals surface area contributed by atoms with Crippen LogP contribution >= 0.6 is 46.0 Å². The fraction of sp³-hybridized carbons (Fsp3) is 0.0909. The van der Waals surface area contributed by atoms with Crippen molar-refractivity contribution in [2.24, 2.45) is 0 Å². The predicted molar refractivity (Wildman–Crippen MR) is 80.2 cm³/mol. The highest BCUT2D eigenvalue weighted by molar-refractivity contribution is 14.1. The Kier molecular flexibility index (Phi) is 4.47. The molecule has 88 valence electrons. The van der Waals surface area contributed by atoms with Crippen LogP contribution in [0.4, 0.5) is 5.82 Å². The van der Waals surface area contributed by atoms with E-state index in [9.17, 15) is 0 Å². The Balaban J connectivity index is 2.05. The molecule has 6 heteroatoms. The Labute approximate surface area is 122 Å². The number of nitrogens with zero attached hydrogens (tertiary/aromatic N) is 2. The van der Waals surface area contributed by atoms with Crippen molar-refractivity contribution >= 4 is 51.8 Å². The van der Waals surface area contributed by atoms with Crippen LogP contribution in [0.25, 0.3) is 0 Å². The molecule has 0 fully saturated rings. The first-order valence-corrected chi connectivity index (χ1v) is 7.24. The van der Waals surface area contributed by atoms with Crippen LogP contribution in [0.5, 0.6) is 0 Å². The number of benzene rings is 1. The van der Waals surface area contributed by atoms with E-state index in [2.05, 4.69) is 32.6 Å². The topological polar surface area (TPSA) is 51.8 Å². The maximum Gasteiger partial charge on any atom is 0.140 e. The first-order valence-electron chi connectivity index (χ1n) is 4.80. The average Bonchev–Trinajstić information content (AvgIpc) is 2.31. The third-order valence-electron chi connectivity index (χ3n) is 1.99. The summed E-state index contributed by atoms with van der Waals surface area (Å²) in [5, 5.41) is 0.734. The van der Waals surface area contributed by atoms with Gasteiger partial charge in [0.25, 0.3) is 0 Å². The lowest BCUT2D eigenvalue weighted by Crippen LogP contribution is -2.00. The van der Waals surface area contributed by atoms with Crippen molar-refractivity contribution in [1.82, 2.24) is 9.97 Å². The van der Waals surface area contributed by atoms with Gasteiger partial charge in [-0.25, -0.2) is 9.97 Å². The normalized spacial score (nSPS) is 10.5. The van der Waals surface area contributed by atoms with E-state index in [-0.39, 0.29) is 0 Å². The van der Waals surface area contributed by atoms with Crippen molar-refractivity contribution < 1.29 is 0 Å². The van der Waals surface area contributed by atoms with Gasteiger partial charge in [-0.1, -0.05) is 17.7 Å². The molecule has 2 rings (SSSR count). The monoisotopic (exact) mass is 377 g/mol. The number of aromatic nitrogens is 2. The van der Waals surface area contributed by atoms with Crippen molar-refractivity contribution in [1.29, 1.82) is 0 Å². The minimum absolute atomic E-state index is 0.530. The summed E-state index contributed by atoms with van der Waals surface area (Å²) in [4.78, 5) is 9.54. The Hall–Kier alpha value is -0.530. The fourth-order valence-corrected chi connectivity index (χ4v) is 2.53. The standard InChI is InChI=1S/C11H9ClIN3S/c12-7-2-1-3-8(4-7)17-6-10-15-5-9(13)11(14)16-10/h1-5H,6H2,(H2,14,15,16). The molecule has 0 amide bonds. The number of halogens is 2. The summed E-state index contributed by atoms with van der Waals surface area (Å²) in [6.45, 7) is 0. The Bertz CT molecular complexity index is 536. The Morgan fingerprint density at radius 2 is 2.24 bits per heavy atom. The van der Waals surface area contributed by atoms with Crippen LogP contribution in [-0.2, 0) is 5.75 Å². The van der Waals surface area contributed by atoms with Crippen LogP contribution in [0.1, 0.15) is 5.82 Å². The van der Waals surface area contributed by atoms with Crippen LogP contribution in [0.15, 0.2) is 35.4 Å². The van der Waals surface area contributed by atoms with Crippen LogP contribution < -0.4 is 5.73 Å². The van der Waals surface area contributed by atoms with Crippen LogP contribution in [0.2, 0.25) is 5.02 Å². The van der Waals surface area contributed by atoms with Gasteiger partial charge < -0.3 is 5.73 Å². The summed E-state index contributed by atoms with van der Waals surface area (Å²) in [6, 6.07) is 7.70. The van der Waals surface area contributed by atoms with Crippen LogP contribution in [0, 0.1) is 3.57 Å². The van der Waals surface area contributed by atoms with Gasteiger partial charge in [0.1, 0.15) is 11.6 Å². The van der Waals surface area contributed by atoms with Gasteiger partial charge in [0.2, 0.25) is 0 Å². The third-order valence-corrected chi connectivity index (χ3v) is 4.04. The predicted octanol–water partition coefficient (Wildman–Crippen LogP) is 3.61. The maximum atomic E-state index is 5.91. The molecule has 3 nitrogen and oxygen atoms in total. The quantitative estimate of drug-likeness (QED) is 0.656. The highest BCUT2D eigenvalue weighted by Gasteiger charge is 2.03. The molecule has 1 aromatic carbocycles. The van der Waals surface area contributed by atoms with Crippen LogP contribution in [0.3, 0.4) is 0 Å². The number of hydrogen-bond donors (Lipinski definition) is 1. The molecule has 0 spiro atoms. The second-order valence-corrected chi connectivity index (χ2v) is 5.91. The van der Waals surface area contributed by atoms with Gasteiger partial charge in [-0.2, -0.15) is 0 Å². The molecule has 1 aromatic heterocycles. The number of thioether (sulfide) groups is 1. The SMILES string of the molecule is Nc1nc(CSc2cccc(Cl)c2)ncc1I. The van der Waals surface area contributed by atoms with E-state index < -0.39 is 0 Å². The zero-order valence-corrected chi connectivity index (χ0v) is 12.5. The first-order chi connectivity index (χ1) is 8.15. The Morgan fingerprint density at radius 1 is 1.41 bits per heavy atom. The number of rotatable bonds is 3. The highest BCUT2D eigenvalue weighted by Crippen LogP contribution is 2.24. The maximum absolute atomic E-state index is 5.91. The van der Waals surface area contributed by atoms with Gasteiger partial charge in [-0.3, -0.25) is 0 Å². The van der Waals surface area contributed by atoms with E-state index in [0.717, 1.165) is 19.3 Å². The molecule has 0 aliphatic carbocycles. The second kappa shape index (κ2) is 5.88. The van der Waals surface area contributed by atoms with Gasteiger partial charge in [-0.15, -0.1) is 11.8 Å². The molecular weight excluding hydrogens is 369 g/mol. The van der Waals surface area contributed by atoms with E-state index >= 15 is 0 Å². The van der Waals surface area contributed by atoms with Gasteiger partial charge in [0.15, 0.2) is 0 Å². The summed E-state index contributed by atoms with van der Waals surface area (Å²) in [5.74, 6) is 1.94. The lowest BCUT2D eigenvalue weighted by molar-refractivity contribution is 1.03. The lowest BCUT2D eigenvalue weighted by Gasteiger charge is -2.03. The molecule has 0 saturated heterocycles. The van der Waals surface area contributed by atoms with E-state index in [4.69, 9.17) is 17.3 Å². The number of hydrogen-bond acceptors (Lipinski definition) is 4. The molecule has 2 aromatic rings. The minimum atomic E-state index is 0.530. The lowest BCUT2D eigenvalue weighted by atomic mass is 10.4. The molecule has 0 atom stereocenters. The average molecular weight is 378 g/mol. The van der Waals surface area contributed by atoms with E-state index in [1.54, 1.807) is 18.0 Å². The molecule has 0 radical (unpaired) electrons. The number of nitrogen functional groups attached to an aromatic ring is 1. The summed E-state index contributed by atoms with van der Waals surface area (Å²) < 4.78 is 0.874. The zero-order valence-electron chi connectivity index (χ0n) is 8.73. The molecule has 0 saturated carbocycles. The van der Waals surface area contributed by atoms with Gasteiger partial charge >= 0.3 is 0 Å². The molecule has 0 aliphatic heterocycles. The van der Waals surface area contributed by atoms with Crippen molar-refractivity contribution in [3.63, 3.8) is 0 Å². The zero-order chi connectivity index (χ0) is 12.3. The third kappa shape index (κ3) is 3.72. The van der Waals surface area contributed by atoms with Crippen molar-refractivity contribution in [3.8, 4) is 0 Å². The molecule has 0 unspecified atom stereocenters. The molecule has 17 heavy (non-hydrogen) atoms. The molecular formula is C11H9ClIN3S. The van der Waals surface area contributed by atoms with E-state index in [1.807, 2.05) is 24.3 Å². The van der Waals surface area contributed by atoms with Gasteiger partial charge in [0.05, 0.1) is 9.32 Å². The Morgan fingerprint density at radius 3 is 2.94 bits per heavy atom. The van der Waals surface area contributed by atoms with E-state index in [0.29, 0.717) is 11.6 Å². The molecule has 0 bridgehead atoms. The molecule has 2 N–H and O–H groups in total. The fourth-order valence-electron chi connectivity index (χ4n) is 1.19. The second-order valence-electron chi connectivity index (χ2n) is 3.27. The first kappa shape index (κ1) is 12.9. The molecule has 0 aliphatic rings. The smallest absolute Gasteiger partial charge is 0.140 e. The summed E-state index contributed by atoms with van der Waals surface area (Å²) in [7, 11) is 0. The minimum Gasteiger partial charge on any atom is -0.383 e. The van der Waals surface area contributed by atoms with Crippen molar-refractivity contribution in [3.05, 3.63) is 44.9 Å². The molecule has 1 heterocycles. The largest absolute Gasteiger partial charge is 0.383 e. The van der Waals surface area contributed by atoms with Crippen LogP contribution in [-0.4, -0.2) is 9.97 Å². The van der Waals surface area contributed by atoms with E-state index in [1.165, 1.54) is 0 Å². The summed E-state index contributed by atoms with van der Waals surface area (Å²) >= 11 is 9.65.